The Bertz CT molecular complexity index is 1000. The topological polar surface area (TPSA) is 46.3 Å². The zero-order chi connectivity index (χ0) is 20.6. The van der Waals surface area contributed by atoms with Gasteiger partial charge in [0.2, 0.25) is 5.91 Å². The van der Waals surface area contributed by atoms with Crippen molar-refractivity contribution in [3.63, 3.8) is 0 Å². The summed E-state index contributed by atoms with van der Waals surface area (Å²) in [5.41, 5.74) is 0.666. The molecule has 1 aliphatic rings. The third kappa shape index (κ3) is 4.70. The summed E-state index contributed by atoms with van der Waals surface area (Å²) in [7, 11) is 0. The lowest BCUT2D eigenvalue weighted by atomic mass is 10.1. The Labute approximate surface area is 170 Å². The van der Waals surface area contributed by atoms with E-state index in [1.165, 1.54) is 23.5 Å². The first-order valence-electron chi connectivity index (χ1n) is 9.26. The Morgan fingerprint density at radius 1 is 1.21 bits per heavy atom. The van der Waals surface area contributed by atoms with Gasteiger partial charge < -0.3 is 9.32 Å². The van der Waals surface area contributed by atoms with Gasteiger partial charge in [-0.05, 0) is 49.6 Å². The predicted molar refractivity (Wildman–Crippen MR) is 103 cm³/mol. The maximum atomic E-state index is 12.9. The number of benzene rings is 1. The minimum absolute atomic E-state index is 0.0696. The predicted octanol–water partition coefficient (Wildman–Crippen LogP) is 5.46. The van der Waals surface area contributed by atoms with E-state index in [0.717, 1.165) is 35.7 Å². The van der Waals surface area contributed by atoms with Gasteiger partial charge in [0.05, 0.1) is 17.7 Å². The zero-order valence-corrected chi connectivity index (χ0v) is 16.5. The van der Waals surface area contributed by atoms with E-state index in [1.807, 2.05) is 24.4 Å². The van der Waals surface area contributed by atoms with E-state index >= 15 is 0 Å². The molecule has 8 heteroatoms. The number of alkyl halides is 3. The van der Waals surface area contributed by atoms with Gasteiger partial charge in [-0.3, -0.25) is 4.79 Å². The summed E-state index contributed by atoms with van der Waals surface area (Å²) < 4.78 is 43.8. The molecule has 29 heavy (non-hydrogen) atoms. The molecule has 1 aromatic carbocycles. The molecule has 152 valence electrons. The first-order chi connectivity index (χ1) is 13.8. The summed E-state index contributed by atoms with van der Waals surface area (Å²) in [4.78, 5) is 19.1. The average Bonchev–Trinajstić information content (AvgIpc) is 3.25. The maximum absolute atomic E-state index is 12.9. The van der Waals surface area contributed by atoms with Crippen molar-refractivity contribution in [1.29, 1.82) is 0 Å². The zero-order valence-electron chi connectivity index (χ0n) is 15.7. The SMILES string of the molecule is Cc1ccc(-c2nc(CC(=O)N(Cc3ccc(C(F)(F)F)cc3)C3CC3)cs2)o1. The molecule has 0 atom stereocenters. The first-order valence-corrected chi connectivity index (χ1v) is 10.1. The van der Waals surface area contributed by atoms with E-state index in [2.05, 4.69) is 4.98 Å². The number of carbonyl (C=O) groups excluding carboxylic acids is 1. The highest BCUT2D eigenvalue weighted by Crippen LogP contribution is 2.32. The largest absolute Gasteiger partial charge is 0.459 e. The number of amides is 1. The van der Waals surface area contributed by atoms with Crippen LogP contribution >= 0.6 is 11.3 Å². The lowest BCUT2D eigenvalue weighted by Crippen LogP contribution is -2.33. The van der Waals surface area contributed by atoms with Crippen LogP contribution in [0, 0.1) is 6.92 Å². The van der Waals surface area contributed by atoms with Gasteiger partial charge in [0, 0.05) is 18.0 Å². The van der Waals surface area contributed by atoms with Gasteiger partial charge in [-0.1, -0.05) is 12.1 Å². The highest BCUT2D eigenvalue weighted by Gasteiger charge is 2.33. The third-order valence-corrected chi connectivity index (χ3v) is 5.68. The van der Waals surface area contributed by atoms with Crippen LogP contribution in [0.3, 0.4) is 0 Å². The summed E-state index contributed by atoms with van der Waals surface area (Å²) in [5.74, 6) is 1.40. The van der Waals surface area contributed by atoms with Crippen molar-refractivity contribution < 1.29 is 22.4 Å². The summed E-state index contributed by atoms with van der Waals surface area (Å²) in [6.45, 7) is 2.16. The number of aromatic nitrogens is 1. The molecule has 1 amide bonds. The van der Waals surface area contributed by atoms with Crippen LogP contribution in [0.15, 0.2) is 46.2 Å². The summed E-state index contributed by atoms with van der Waals surface area (Å²) in [5, 5.41) is 2.57. The van der Waals surface area contributed by atoms with Crippen molar-refractivity contribution in [3.05, 3.63) is 64.4 Å². The number of nitrogens with zero attached hydrogens (tertiary/aromatic N) is 2. The molecule has 0 spiro atoms. The van der Waals surface area contributed by atoms with Gasteiger partial charge in [0.1, 0.15) is 5.76 Å². The van der Waals surface area contributed by atoms with Gasteiger partial charge in [0.25, 0.3) is 0 Å². The van der Waals surface area contributed by atoms with E-state index < -0.39 is 11.7 Å². The second-order valence-corrected chi connectivity index (χ2v) is 8.04. The number of aryl methyl sites for hydroxylation is 1. The Morgan fingerprint density at radius 3 is 2.52 bits per heavy atom. The Balaban J connectivity index is 1.44. The van der Waals surface area contributed by atoms with Crippen LogP contribution in [0.2, 0.25) is 0 Å². The van der Waals surface area contributed by atoms with Crippen LogP contribution < -0.4 is 0 Å². The van der Waals surface area contributed by atoms with Crippen molar-refractivity contribution >= 4 is 17.2 Å². The fraction of sp³-hybridized carbons (Fsp3) is 0.333. The molecule has 4 rings (SSSR count). The molecule has 0 N–H and O–H groups in total. The lowest BCUT2D eigenvalue weighted by molar-refractivity contribution is -0.137. The molecule has 1 saturated carbocycles. The van der Waals surface area contributed by atoms with Crippen molar-refractivity contribution in [2.45, 2.75) is 44.9 Å². The Kier molecular flexibility index (Phi) is 5.21. The monoisotopic (exact) mass is 420 g/mol. The van der Waals surface area contributed by atoms with Crippen LogP contribution in [0.25, 0.3) is 10.8 Å². The maximum Gasteiger partial charge on any atom is 0.416 e. The van der Waals surface area contributed by atoms with E-state index in [0.29, 0.717) is 23.6 Å². The molecular formula is C21H19F3N2O2S. The van der Waals surface area contributed by atoms with Crippen LogP contribution in [-0.4, -0.2) is 21.8 Å². The third-order valence-electron chi connectivity index (χ3n) is 4.78. The fourth-order valence-corrected chi connectivity index (χ4v) is 3.89. The van der Waals surface area contributed by atoms with Gasteiger partial charge in [-0.15, -0.1) is 11.3 Å². The summed E-state index contributed by atoms with van der Waals surface area (Å²) >= 11 is 1.42. The number of rotatable bonds is 6. The van der Waals surface area contributed by atoms with Crippen LogP contribution in [0.1, 0.15) is 35.4 Å². The molecule has 0 aliphatic heterocycles. The Morgan fingerprint density at radius 2 is 1.93 bits per heavy atom. The molecule has 2 aromatic heterocycles. The number of hydrogen-bond donors (Lipinski definition) is 0. The second-order valence-electron chi connectivity index (χ2n) is 7.18. The standard InChI is InChI=1S/C21H19F3N2O2S/c1-13-2-9-18(28-13)20-25-16(12-29-20)10-19(27)26(17-7-8-17)11-14-3-5-15(6-4-14)21(22,23)24/h2-6,9,12,17H,7-8,10-11H2,1H3. The summed E-state index contributed by atoms with van der Waals surface area (Å²) in [6, 6.07) is 8.85. The van der Waals surface area contributed by atoms with Gasteiger partial charge in [-0.25, -0.2) is 4.98 Å². The molecule has 2 heterocycles. The second kappa shape index (κ2) is 7.67. The molecule has 3 aromatic rings. The molecule has 4 nitrogen and oxygen atoms in total. The normalized spacial score (nSPS) is 14.2. The number of halogens is 3. The highest BCUT2D eigenvalue weighted by molar-refractivity contribution is 7.13. The van der Waals surface area contributed by atoms with E-state index in [-0.39, 0.29) is 18.4 Å². The molecule has 0 unspecified atom stereocenters. The van der Waals surface area contributed by atoms with Crippen LogP contribution in [0.4, 0.5) is 13.2 Å². The van der Waals surface area contributed by atoms with Crippen LogP contribution in [0.5, 0.6) is 0 Å². The number of furan rings is 1. The molecule has 1 aliphatic carbocycles. The molecule has 0 saturated heterocycles. The Hall–Kier alpha value is -2.61. The van der Waals surface area contributed by atoms with E-state index in [4.69, 9.17) is 4.42 Å². The lowest BCUT2D eigenvalue weighted by Gasteiger charge is -2.22. The smallest absolute Gasteiger partial charge is 0.416 e. The number of thiazole rings is 1. The average molecular weight is 420 g/mol. The van der Waals surface area contributed by atoms with Gasteiger partial charge in [-0.2, -0.15) is 13.2 Å². The minimum Gasteiger partial charge on any atom is -0.459 e. The number of carbonyl (C=O) groups is 1. The molecular weight excluding hydrogens is 401 g/mol. The van der Waals surface area contributed by atoms with E-state index in [9.17, 15) is 18.0 Å². The highest BCUT2D eigenvalue weighted by atomic mass is 32.1. The van der Waals surface area contributed by atoms with Crippen molar-refractivity contribution in [3.8, 4) is 10.8 Å². The first kappa shape index (κ1) is 19.7. The van der Waals surface area contributed by atoms with Crippen molar-refractivity contribution in [2.24, 2.45) is 0 Å². The quantitative estimate of drug-likeness (QED) is 0.532. The van der Waals surface area contributed by atoms with Crippen molar-refractivity contribution in [2.75, 3.05) is 0 Å². The fourth-order valence-electron chi connectivity index (χ4n) is 3.11. The summed E-state index contributed by atoms with van der Waals surface area (Å²) in [6.07, 6.45) is -2.37. The molecule has 1 fully saturated rings. The minimum atomic E-state index is -4.36. The number of hydrogen-bond acceptors (Lipinski definition) is 4. The molecule has 0 radical (unpaired) electrons. The van der Waals surface area contributed by atoms with E-state index in [1.54, 1.807) is 4.90 Å². The molecule has 0 bridgehead atoms. The van der Waals surface area contributed by atoms with Crippen molar-refractivity contribution in [1.82, 2.24) is 9.88 Å². The van der Waals surface area contributed by atoms with Gasteiger partial charge >= 0.3 is 6.18 Å². The van der Waals surface area contributed by atoms with Crippen LogP contribution in [-0.2, 0) is 23.9 Å². The van der Waals surface area contributed by atoms with Gasteiger partial charge in [0.15, 0.2) is 10.8 Å².